The lowest BCUT2D eigenvalue weighted by molar-refractivity contribution is -0.140. The van der Waals surface area contributed by atoms with E-state index in [0.717, 1.165) is 29.3 Å². The standard InChI is InChI=1S/C11H12N2O2.C6H14N2O2.C5H11NO2/c12-9(11(14)15)5-7-6-13-10-4-2-1-3-8(7)10;7-4-2-1-3-5(8)6(9)10;1-3(2)4(6)5(7)8/h1-4,6,9,13H,5,12H2,(H,14,15);5H,1-4,7-8H2,(H,9,10);3-4H,6H2,1-2H3,(H,7,8). The molecule has 0 fully saturated rings. The summed E-state index contributed by atoms with van der Waals surface area (Å²) < 4.78 is 0. The second-order valence-corrected chi connectivity index (χ2v) is 7.85. The van der Waals surface area contributed by atoms with Crippen molar-refractivity contribution in [2.24, 2.45) is 28.9 Å². The van der Waals surface area contributed by atoms with E-state index < -0.39 is 36.0 Å². The molecular weight excluding hydrogens is 430 g/mol. The molecule has 12 N–H and O–H groups in total. The first-order valence-electron chi connectivity index (χ1n) is 10.6. The molecule has 11 heteroatoms. The lowest BCUT2D eigenvalue weighted by Crippen LogP contribution is -2.34. The Hall–Kier alpha value is -2.99. The number of aromatic nitrogens is 1. The van der Waals surface area contributed by atoms with Gasteiger partial charge in [0, 0.05) is 23.5 Å². The van der Waals surface area contributed by atoms with E-state index in [-0.39, 0.29) is 5.92 Å². The Bertz CT molecular complexity index is 870. The number of carboxylic acid groups (broad SMARTS) is 3. The summed E-state index contributed by atoms with van der Waals surface area (Å²) in [5, 5.41) is 26.3. The second-order valence-electron chi connectivity index (χ2n) is 7.85. The minimum atomic E-state index is -0.972. The first-order valence-corrected chi connectivity index (χ1v) is 10.6. The molecule has 0 radical (unpaired) electrons. The number of aliphatic carboxylic acids is 3. The molecule has 0 bridgehead atoms. The molecule has 2 aromatic rings. The molecular formula is C22H37N5O6. The summed E-state index contributed by atoms with van der Waals surface area (Å²) in [5.41, 5.74) is 23.0. The fourth-order valence-corrected chi connectivity index (χ4v) is 2.54. The van der Waals surface area contributed by atoms with Gasteiger partial charge in [0.15, 0.2) is 0 Å². The van der Waals surface area contributed by atoms with Gasteiger partial charge in [-0.3, -0.25) is 14.4 Å². The maximum atomic E-state index is 10.6. The monoisotopic (exact) mass is 467 g/mol. The zero-order valence-electron chi connectivity index (χ0n) is 19.1. The summed E-state index contributed by atoms with van der Waals surface area (Å²) in [6, 6.07) is 5.48. The van der Waals surface area contributed by atoms with Gasteiger partial charge in [0.2, 0.25) is 0 Å². The van der Waals surface area contributed by atoms with Crippen molar-refractivity contribution in [3.05, 3.63) is 36.0 Å². The van der Waals surface area contributed by atoms with Crippen molar-refractivity contribution in [2.45, 2.75) is 57.7 Å². The fraction of sp³-hybridized carbons (Fsp3) is 0.500. The Labute approximate surface area is 193 Å². The summed E-state index contributed by atoms with van der Waals surface area (Å²) in [6.45, 7) is 4.16. The minimum absolute atomic E-state index is 0.0208. The Kier molecular flexibility index (Phi) is 14.3. The zero-order valence-corrected chi connectivity index (χ0v) is 19.1. The smallest absolute Gasteiger partial charge is 0.320 e. The van der Waals surface area contributed by atoms with Crippen LogP contribution in [-0.4, -0.2) is 62.9 Å². The van der Waals surface area contributed by atoms with Crippen LogP contribution in [-0.2, 0) is 20.8 Å². The largest absolute Gasteiger partial charge is 0.480 e. The molecule has 33 heavy (non-hydrogen) atoms. The first kappa shape index (κ1) is 30.0. The molecule has 11 nitrogen and oxygen atoms in total. The Balaban J connectivity index is 0.000000499. The third kappa shape index (κ3) is 12.0. The van der Waals surface area contributed by atoms with Crippen LogP contribution in [0.4, 0.5) is 0 Å². The van der Waals surface area contributed by atoms with Crippen molar-refractivity contribution < 1.29 is 29.7 Å². The van der Waals surface area contributed by atoms with Crippen LogP contribution in [0.1, 0.15) is 38.7 Å². The van der Waals surface area contributed by atoms with E-state index in [2.05, 4.69) is 4.98 Å². The average Bonchev–Trinajstić information content (AvgIpc) is 3.16. The molecule has 186 valence electrons. The molecule has 2 rings (SSSR count). The number of nitrogens with one attached hydrogen (secondary N) is 1. The lowest BCUT2D eigenvalue weighted by Gasteiger charge is -2.07. The summed E-state index contributed by atoms with van der Waals surface area (Å²) in [4.78, 5) is 33.9. The minimum Gasteiger partial charge on any atom is -0.480 e. The molecule has 1 heterocycles. The molecule has 0 aliphatic carbocycles. The summed E-state index contributed by atoms with van der Waals surface area (Å²) >= 11 is 0. The number of rotatable bonds is 10. The van der Waals surface area contributed by atoms with Gasteiger partial charge >= 0.3 is 17.9 Å². The molecule has 0 saturated heterocycles. The molecule has 1 aromatic heterocycles. The van der Waals surface area contributed by atoms with Gasteiger partial charge in [-0.15, -0.1) is 0 Å². The topological polar surface area (TPSA) is 232 Å². The quantitative estimate of drug-likeness (QED) is 0.228. The van der Waals surface area contributed by atoms with E-state index >= 15 is 0 Å². The predicted octanol–water partition coefficient (Wildman–Crippen LogP) is 0.704. The highest BCUT2D eigenvalue weighted by Crippen LogP contribution is 2.18. The van der Waals surface area contributed by atoms with Crippen LogP contribution >= 0.6 is 0 Å². The number of nitrogens with two attached hydrogens (primary N) is 4. The SMILES string of the molecule is CC(C)C(N)C(=O)O.NC(Cc1c[nH]c2ccccc12)C(=O)O.NCCCCC(N)C(=O)O. The van der Waals surface area contributed by atoms with E-state index in [0.29, 0.717) is 19.4 Å². The van der Waals surface area contributed by atoms with Crippen molar-refractivity contribution in [3.63, 3.8) is 0 Å². The van der Waals surface area contributed by atoms with Gasteiger partial charge in [-0.05, 0) is 36.9 Å². The van der Waals surface area contributed by atoms with E-state index in [1.165, 1.54) is 0 Å². The van der Waals surface area contributed by atoms with Crippen molar-refractivity contribution in [2.75, 3.05) is 6.54 Å². The van der Waals surface area contributed by atoms with E-state index in [4.69, 9.17) is 38.3 Å². The Morgan fingerprint density at radius 2 is 1.48 bits per heavy atom. The number of unbranched alkanes of at least 4 members (excludes halogenated alkanes) is 1. The molecule has 3 unspecified atom stereocenters. The molecule has 0 amide bonds. The van der Waals surface area contributed by atoms with E-state index in [1.807, 2.05) is 30.5 Å². The van der Waals surface area contributed by atoms with Crippen LogP contribution in [0.3, 0.4) is 0 Å². The van der Waals surface area contributed by atoms with Gasteiger partial charge in [0.1, 0.15) is 18.1 Å². The lowest BCUT2D eigenvalue weighted by atomic mass is 10.1. The van der Waals surface area contributed by atoms with Crippen LogP contribution in [0.2, 0.25) is 0 Å². The van der Waals surface area contributed by atoms with Crippen LogP contribution in [0.5, 0.6) is 0 Å². The van der Waals surface area contributed by atoms with Crippen LogP contribution in [0.15, 0.2) is 30.5 Å². The average molecular weight is 468 g/mol. The molecule has 0 aliphatic heterocycles. The van der Waals surface area contributed by atoms with Gasteiger partial charge < -0.3 is 43.2 Å². The van der Waals surface area contributed by atoms with Crippen LogP contribution in [0.25, 0.3) is 10.9 Å². The van der Waals surface area contributed by atoms with E-state index in [1.54, 1.807) is 13.8 Å². The van der Waals surface area contributed by atoms with Gasteiger partial charge in [0.25, 0.3) is 0 Å². The van der Waals surface area contributed by atoms with Crippen molar-refractivity contribution >= 4 is 28.8 Å². The number of benzene rings is 1. The number of para-hydroxylation sites is 1. The number of hydrogen-bond acceptors (Lipinski definition) is 7. The molecule has 0 spiro atoms. The van der Waals surface area contributed by atoms with Crippen molar-refractivity contribution in [1.82, 2.24) is 4.98 Å². The first-order chi connectivity index (χ1) is 15.4. The van der Waals surface area contributed by atoms with Crippen molar-refractivity contribution in [1.29, 1.82) is 0 Å². The maximum Gasteiger partial charge on any atom is 0.320 e. The second kappa shape index (κ2) is 15.8. The number of carbonyl (C=O) groups is 3. The third-order valence-electron chi connectivity index (χ3n) is 4.72. The predicted molar refractivity (Wildman–Crippen MR) is 127 cm³/mol. The van der Waals surface area contributed by atoms with Crippen LogP contribution in [0, 0.1) is 5.92 Å². The Morgan fingerprint density at radius 3 is 1.94 bits per heavy atom. The van der Waals surface area contributed by atoms with Gasteiger partial charge in [-0.2, -0.15) is 0 Å². The van der Waals surface area contributed by atoms with Crippen LogP contribution < -0.4 is 22.9 Å². The summed E-state index contributed by atoms with van der Waals surface area (Å²) in [5.74, 6) is -2.81. The van der Waals surface area contributed by atoms with Gasteiger partial charge in [0.05, 0.1) is 0 Å². The highest BCUT2D eigenvalue weighted by atomic mass is 16.4. The summed E-state index contributed by atoms with van der Waals surface area (Å²) in [6.07, 6.45) is 4.32. The fourth-order valence-electron chi connectivity index (χ4n) is 2.54. The van der Waals surface area contributed by atoms with Gasteiger partial charge in [-0.1, -0.05) is 38.5 Å². The number of H-pyrrole nitrogens is 1. The molecule has 0 saturated carbocycles. The summed E-state index contributed by atoms with van der Waals surface area (Å²) in [7, 11) is 0. The number of hydrogen-bond donors (Lipinski definition) is 8. The normalized spacial score (nSPS) is 13.2. The number of aromatic amines is 1. The van der Waals surface area contributed by atoms with Gasteiger partial charge in [-0.25, -0.2) is 0 Å². The highest BCUT2D eigenvalue weighted by Gasteiger charge is 2.15. The molecule has 1 aromatic carbocycles. The zero-order chi connectivity index (χ0) is 25.6. The third-order valence-corrected chi connectivity index (χ3v) is 4.72. The number of carboxylic acids is 3. The molecule has 0 aliphatic rings. The highest BCUT2D eigenvalue weighted by molar-refractivity contribution is 5.84. The van der Waals surface area contributed by atoms with E-state index in [9.17, 15) is 14.4 Å². The number of fused-ring (bicyclic) bond motifs is 1. The van der Waals surface area contributed by atoms with Crippen molar-refractivity contribution in [3.8, 4) is 0 Å². The molecule has 3 atom stereocenters. The maximum absolute atomic E-state index is 10.6. The Morgan fingerprint density at radius 1 is 0.909 bits per heavy atom.